The van der Waals surface area contributed by atoms with E-state index in [1.807, 2.05) is 18.2 Å². The lowest BCUT2D eigenvalue weighted by Gasteiger charge is -2.09. The van der Waals surface area contributed by atoms with Crippen LogP contribution in [-0.4, -0.2) is 31.9 Å². The third-order valence-electron chi connectivity index (χ3n) is 4.19. The summed E-state index contributed by atoms with van der Waals surface area (Å²) in [6.07, 6.45) is 0. The van der Waals surface area contributed by atoms with E-state index in [0.29, 0.717) is 29.7 Å². The number of hydrogen-bond donors (Lipinski definition) is 1. The normalized spacial score (nSPS) is 12.0. The molecule has 0 radical (unpaired) electrons. The van der Waals surface area contributed by atoms with E-state index in [1.165, 1.54) is 5.56 Å². The Bertz CT molecular complexity index is 831. The molecule has 3 rings (SSSR count). The summed E-state index contributed by atoms with van der Waals surface area (Å²) in [5.41, 5.74) is 2.05. The molecule has 0 aliphatic carbocycles. The number of rotatable bonds is 8. The number of hydrogen-bond acceptors (Lipinski definition) is 6. The van der Waals surface area contributed by atoms with E-state index in [-0.39, 0.29) is 20.0 Å². The topological polar surface area (TPSA) is 83.1 Å². The first-order valence-electron chi connectivity index (χ1n) is 9.05. The maximum absolute atomic E-state index is 11.8. The van der Waals surface area contributed by atoms with Gasteiger partial charge in [-0.25, -0.2) is 4.79 Å². The minimum Gasteiger partial charge on any atom is -0.482 e. The maximum atomic E-state index is 11.8. The zero-order valence-electron chi connectivity index (χ0n) is 15.9. The first-order valence-corrected chi connectivity index (χ1v) is 9.05. The zero-order valence-corrected chi connectivity index (χ0v) is 15.9. The maximum Gasteiger partial charge on any atom is 0.344 e. The van der Waals surface area contributed by atoms with Crippen LogP contribution in [-0.2, 0) is 20.9 Å². The van der Waals surface area contributed by atoms with Gasteiger partial charge in [0, 0.05) is 6.54 Å². The van der Waals surface area contributed by atoms with Crippen LogP contribution in [0.4, 0.5) is 0 Å². The van der Waals surface area contributed by atoms with Crippen molar-refractivity contribution in [1.82, 2.24) is 5.32 Å². The average Bonchev–Trinajstić information content (AvgIpc) is 3.17. The quantitative estimate of drug-likeness (QED) is 0.704. The van der Waals surface area contributed by atoms with Crippen LogP contribution in [0.3, 0.4) is 0 Å². The van der Waals surface area contributed by atoms with Gasteiger partial charge < -0.3 is 24.3 Å². The largest absolute Gasteiger partial charge is 0.482 e. The molecule has 7 heteroatoms. The fourth-order valence-corrected chi connectivity index (χ4v) is 2.58. The number of carbonyl (C=O) groups excluding carboxylic acids is 2. The summed E-state index contributed by atoms with van der Waals surface area (Å²) in [5.74, 6) is 1.34. The standard InChI is InChI=1S/C21H23NO6/c1-14(2)16-4-6-17(7-5-16)25-12-21(24)26-11-20(23)22-10-15-3-8-18-19(9-15)28-13-27-18/h3-9,14H,10-13H2,1-2H3,(H,22,23). The highest BCUT2D eigenvalue weighted by Crippen LogP contribution is 2.32. The molecule has 0 spiro atoms. The van der Waals surface area contributed by atoms with Crippen molar-refractivity contribution in [2.45, 2.75) is 26.3 Å². The Hall–Kier alpha value is -3.22. The summed E-state index contributed by atoms with van der Waals surface area (Å²) in [6.45, 7) is 4.09. The van der Waals surface area contributed by atoms with Crippen LogP contribution in [0.5, 0.6) is 17.2 Å². The molecule has 7 nitrogen and oxygen atoms in total. The second-order valence-electron chi connectivity index (χ2n) is 6.64. The molecule has 0 saturated carbocycles. The van der Waals surface area contributed by atoms with Gasteiger partial charge in [0.15, 0.2) is 24.7 Å². The molecular formula is C21H23NO6. The fraction of sp³-hybridized carbons (Fsp3) is 0.333. The Morgan fingerprint density at radius 3 is 2.54 bits per heavy atom. The molecule has 2 aromatic carbocycles. The van der Waals surface area contributed by atoms with Gasteiger partial charge in [0.25, 0.3) is 5.91 Å². The van der Waals surface area contributed by atoms with Gasteiger partial charge in [-0.05, 0) is 41.3 Å². The molecule has 0 bridgehead atoms. The Morgan fingerprint density at radius 2 is 1.79 bits per heavy atom. The molecule has 0 atom stereocenters. The van der Waals surface area contributed by atoms with Crippen molar-refractivity contribution in [2.24, 2.45) is 0 Å². The van der Waals surface area contributed by atoms with Gasteiger partial charge in [-0.1, -0.05) is 32.0 Å². The molecule has 1 aliphatic rings. The van der Waals surface area contributed by atoms with E-state index in [1.54, 1.807) is 24.3 Å². The van der Waals surface area contributed by atoms with E-state index in [2.05, 4.69) is 19.2 Å². The summed E-state index contributed by atoms with van der Waals surface area (Å²) in [7, 11) is 0. The number of nitrogens with one attached hydrogen (secondary N) is 1. The molecule has 148 valence electrons. The minimum absolute atomic E-state index is 0.199. The molecule has 1 N–H and O–H groups in total. The predicted molar refractivity (Wildman–Crippen MR) is 101 cm³/mol. The Labute approximate surface area is 163 Å². The van der Waals surface area contributed by atoms with Gasteiger partial charge in [-0.2, -0.15) is 0 Å². The first-order chi connectivity index (χ1) is 13.5. The average molecular weight is 385 g/mol. The second-order valence-corrected chi connectivity index (χ2v) is 6.64. The highest BCUT2D eigenvalue weighted by Gasteiger charge is 2.14. The summed E-state index contributed by atoms with van der Waals surface area (Å²) in [4.78, 5) is 23.6. The monoisotopic (exact) mass is 385 g/mol. The van der Waals surface area contributed by atoms with Crippen LogP contribution in [0.25, 0.3) is 0 Å². The van der Waals surface area contributed by atoms with Crippen LogP contribution in [0.2, 0.25) is 0 Å². The van der Waals surface area contributed by atoms with E-state index < -0.39 is 11.9 Å². The van der Waals surface area contributed by atoms with Crippen molar-refractivity contribution in [3.05, 3.63) is 53.6 Å². The zero-order chi connectivity index (χ0) is 19.9. The van der Waals surface area contributed by atoms with Crippen LogP contribution >= 0.6 is 0 Å². The number of carbonyl (C=O) groups is 2. The molecule has 1 aliphatic heterocycles. The van der Waals surface area contributed by atoms with Gasteiger partial charge in [0.2, 0.25) is 6.79 Å². The van der Waals surface area contributed by atoms with Crippen molar-refractivity contribution in [3.8, 4) is 17.2 Å². The summed E-state index contributed by atoms with van der Waals surface area (Å²) in [5, 5.41) is 2.68. The Morgan fingerprint density at radius 1 is 1.04 bits per heavy atom. The van der Waals surface area contributed by atoms with Gasteiger partial charge >= 0.3 is 5.97 Å². The molecule has 0 saturated heterocycles. The van der Waals surface area contributed by atoms with Crippen molar-refractivity contribution in [3.63, 3.8) is 0 Å². The van der Waals surface area contributed by atoms with Crippen molar-refractivity contribution >= 4 is 11.9 Å². The fourth-order valence-electron chi connectivity index (χ4n) is 2.58. The van der Waals surface area contributed by atoms with E-state index in [9.17, 15) is 9.59 Å². The molecule has 0 fully saturated rings. The van der Waals surface area contributed by atoms with Crippen LogP contribution in [0, 0.1) is 0 Å². The Balaban J connectivity index is 1.35. The molecule has 28 heavy (non-hydrogen) atoms. The van der Waals surface area contributed by atoms with Crippen molar-refractivity contribution in [2.75, 3.05) is 20.0 Å². The second kappa shape index (κ2) is 9.12. The molecule has 1 heterocycles. The summed E-state index contributed by atoms with van der Waals surface area (Å²) < 4.78 is 20.8. The van der Waals surface area contributed by atoms with Gasteiger partial charge in [0.05, 0.1) is 0 Å². The van der Waals surface area contributed by atoms with E-state index >= 15 is 0 Å². The first kappa shape index (κ1) is 19.5. The molecule has 0 unspecified atom stereocenters. The van der Waals surface area contributed by atoms with Crippen LogP contribution in [0.1, 0.15) is 30.9 Å². The molecular weight excluding hydrogens is 362 g/mol. The third-order valence-corrected chi connectivity index (χ3v) is 4.19. The minimum atomic E-state index is -0.605. The van der Waals surface area contributed by atoms with Gasteiger partial charge in [-0.15, -0.1) is 0 Å². The van der Waals surface area contributed by atoms with Crippen LogP contribution in [0.15, 0.2) is 42.5 Å². The number of benzene rings is 2. The summed E-state index contributed by atoms with van der Waals surface area (Å²) in [6, 6.07) is 12.9. The van der Waals surface area contributed by atoms with Crippen molar-refractivity contribution in [1.29, 1.82) is 0 Å². The number of ether oxygens (including phenoxy) is 4. The van der Waals surface area contributed by atoms with Gasteiger partial charge in [-0.3, -0.25) is 4.79 Å². The SMILES string of the molecule is CC(C)c1ccc(OCC(=O)OCC(=O)NCc2ccc3c(c2)OCO3)cc1. The van der Waals surface area contributed by atoms with Crippen molar-refractivity contribution < 1.29 is 28.5 Å². The summed E-state index contributed by atoms with van der Waals surface area (Å²) >= 11 is 0. The third kappa shape index (κ3) is 5.39. The number of fused-ring (bicyclic) bond motifs is 1. The van der Waals surface area contributed by atoms with E-state index in [0.717, 1.165) is 5.56 Å². The van der Waals surface area contributed by atoms with Gasteiger partial charge in [0.1, 0.15) is 5.75 Å². The molecule has 2 aromatic rings. The van der Waals surface area contributed by atoms with E-state index in [4.69, 9.17) is 18.9 Å². The number of esters is 1. The highest BCUT2D eigenvalue weighted by atomic mass is 16.7. The van der Waals surface area contributed by atoms with Crippen LogP contribution < -0.4 is 19.5 Å². The lowest BCUT2D eigenvalue weighted by atomic mass is 10.0. The smallest absolute Gasteiger partial charge is 0.344 e. The Kier molecular flexibility index (Phi) is 6.37. The molecule has 0 aromatic heterocycles. The lowest BCUT2D eigenvalue weighted by molar-refractivity contribution is -0.150. The molecule has 1 amide bonds. The predicted octanol–water partition coefficient (Wildman–Crippen LogP) is 2.78. The highest BCUT2D eigenvalue weighted by molar-refractivity contribution is 5.80. The lowest BCUT2D eigenvalue weighted by Crippen LogP contribution is -2.29. The number of amides is 1.